The predicted molar refractivity (Wildman–Crippen MR) is 103 cm³/mol. The summed E-state index contributed by atoms with van der Waals surface area (Å²) in [4.78, 5) is 23.5. The lowest BCUT2D eigenvalue weighted by Crippen LogP contribution is -2.57. The summed E-state index contributed by atoms with van der Waals surface area (Å²) in [7, 11) is 0. The van der Waals surface area contributed by atoms with E-state index in [1.165, 1.54) is 12.5 Å². The Labute approximate surface area is 162 Å². The Morgan fingerprint density at radius 2 is 1.96 bits per heavy atom. The smallest absolute Gasteiger partial charge is 0.307 e. The zero-order valence-electron chi connectivity index (χ0n) is 17.3. The predicted octanol–water partition coefficient (Wildman–Crippen LogP) is 4.73. The average molecular weight is 373 g/mol. The van der Waals surface area contributed by atoms with Crippen molar-refractivity contribution in [2.75, 3.05) is 0 Å². The van der Waals surface area contributed by atoms with Crippen LogP contribution in [0.3, 0.4) is 0 Å². The number of esters is 1. The zero-order chi connectivity index (χ0) is 19.6. The highest BCUT2D eigenvalue weighted by Crippen LogP contribution is 2.75. The first-order valence-corrected chi connectivity index (χ1v) is 10.6. The zero-order valence-corrected chi connectivity index (χ0v) is 17.3. The maximum Gasteiger partial charge on any atom is 0.307 e. The van der Waals surface area contributed by atoms with Crippen LogP contribution in [0.25, 0.3) is 0 Å². The van der Waals surface area contributed by atoms with Gasteiger partial charge in [-0.2, -0.15) is 0 Å². The van der Waals surface area contributed by atoms with Gasteiger partial charge in [0.25, 0.3) is 0 Å². The molecule has 0 aromatic heterocycles. The highest BCUT2D eigenvalue weighted by Gasteiger charge is 2.78. The van der Waals surface area contributed by atoms with Gasteiger partial charge in [0, 0.05) is 24.2 Å². The van der Waals surface area contributed by atoms with Crippen molar-refractivity contribution in [1.29, 1.82) is 0 Å². The number of rotatable bonds is 1. The van der Waals surface area contributed by atoms with E-state index in [2.05, 4.69) is 19.9 Å². The van der Waals surface area contributed by atoms with Crippen LogP contribution in [0.5, 0.6) is 0 Å². The molecule has 1 saturated heterocycles. The lowest BCUT2D eigenvalue weighted by Gasteiger charge is -2.55. The summed E-state index contributed by atoms with van der Waals surface area (Å²) in [5.74, 6) is 1.86. The summed E-state index contributed by atoms with van der Waals surface area (Å²) in [5, 5.41) is 0. The van der Waals surface area contributed by atoms with Gasteiger partial charge in [-0.25, -0.2) is 0 Å². The molecule has 2 saturated carbocycles. The van der Waals surface area contributed by atoms with E-state index < -0.39 is 0 Å². The highest BCUT2D eigenvalue weighted by molar-refractivity contribution is 5.91. The summed E-state index contributed by atoms with van der Waals surface area (Å²) in [6.45, 7) is 10.1. The molecule has 4 nitrogen and oxygen atoms in total. The Balaban J connectivity index is 0.000000872. The Bertz CT molecular complexity index is 749. The van der Waals surface area contributed by atoms with E-state index >= 15 is 0 Å². The lowest BCUT2D eigenvalue weighted by atomic mass is 9.47. The van der Waals surface area contributed by atoms with Crippen molar-refractivity contribution in [3.8, 4) is 0 Å². The standard InChI is InChI=1S/C21H26O4.C2H6/c1-12(22)24-17-7-6-15-16-5-4-13-10-14(23)8-9-20(13,3)21(16)18(25-21)11-19(15,17)2;1-2/h7,10,15-16,18H,4-6,8-9,11H2,1-3H3;1-2H3/t15?,16?,18?,19?,20?,21-;/m0./s1. The molecule has 0 bridgehead atoms. The number of hydrogen-bond acceptors (Lipinski definition) is 4. The van der Waals surface area contributed by atoms with Crippen molar-refractivity contribution in [2.45, 2.75) is 84.8 Å². The van der Waals surface area contributed by atoms with Crippen LogP contribution in [0.1, 0.15) is 73.1 Å². The third-order valence-corrected chi connectivity index (χ3v) is 8.10. The SMILES string of the molecule is CC.CC(=O)OC1=CCC2C3CCC4=CC(=O)CCC4(C)[C@]34OC4CC12C. The fraction of sp³-hybridized carbons (Fsp3) is 0.739. The summed E-state index contributed by atoms with van der Waals surface area (Å²) in [5.41, 5.74) is 1.13. The van der Waals surface area contributed by atoms with Crippen LogP contribution in [-0.2, 0) is 19.1 Å². The molecule has 1 heterocycles. The van der Waals surface area contributed by atoms with Gasteiger partial charge >= 0.3 is 5.97 Å². The number of hydrogen-bond donors (Lipinski definition) is 0. The molecule has 6 atom stereocenters. The van der Waals surface area contributed by atoms with Crippen LogP contribution >= 0.6 is 0 Å². The van der Waals surface area contributed by atoms with E-state index in [4.69, 9.17) is 9.47 Å². The number of epoxide rings is 1. The van der Waals surface area contributed by atoms with Gasteiger partial charge in [-0.3, -0.25) is 9.59 Å². The second-order valence-corrected chi connectivity index (χ2v) is 9.14. The van der Waals surface area contributed by atoms with Crippen LogP contribution in [0, 0.1) is 22.7 Å². The van der Waals surface area contributed by atoms with Crippen LogP contribution < -0.4 is 0 Å². The maximum absolute atomic E-state index is 11.9. The molecule has 27 heavy (non-hydrogen) atoms. The largest absolute Gasteiger partial charge is 0.431 e. The molecule has 0 aromatic carbocycles. The topological polar surface area (TPSA) is 55.9 Å². The molecule has 5 aliphatic rings. The third-order valence-electron chi connectivity index (χ3n) is 8.10. The van der Waals surface area contributed by atoms with Crippen molar-refractivity contribution < 1.29 is 19.1 Å². The van der Waals surface area contributed by atoms with Crippen LogP contribution in [0.2, 0.25) is 0 Å². The third kappa shape index (κ3) is 2.31. The lowest BCUT2D eigenvalue weighted by molar-refractivity contribution is -0.139. The summed E-state index contributed by atoms with van der Waals surface area (Å²) in [6.07, 6.45) is 9.80. The van der Waals surface area contributed by atoms with Gasteiger partial charge in [0.2, 0.25) is 0 Å². The average Bonchev–Trinajstić information content (AvgIpc) is 3.26. The Hall–Kier alpha value is -1.42. The first-order chi connectivity index (χ1) is 12.8. The molecule has 4 heteroatoms. The highest BCUT2D eigenvalue weighted by atomic mass is 16.6. The minimum atomic E-state index is -0.228. The van der Waals surface area contributed by atoms with E-state index in [1.54, 1.807) is 0 Å². The van der Waals surface area contributed by atoms with Crippen LogP contribution in [0.4, 0.5) is 0 Å². The van der Waals surface area contributed by atoms with Crippen molar-refractivity contribution in [1.82, 2.24) is 0 Å². The summed E-state index contributed by atoms with van der Waals surface area (Å²) >= 11 is 0. The Morgan fingerprint density at radius 1 is 1.22 bits per heavy atom. The molecule has 1 spiro atoms. The van der Waals surface area contributed by atoms with Gasteiger partial charge in [-0.15, -0.1) is 0 Å². The maximum atomic E-state index is 11.9. The molecule has 0 aromatic rings. The molecule has 0 radical (unpaired) electrons. The quantitative estimate of drug-likeness (QED) is 0.493. The van der Waals surface area contributed by atoms with E-state index in [9.17, 15) is 9.59 Å². The fourth-order valence-electron chi connectivity index (χ4n) is 6.86. The van der Waals surface area contributed by atoms with Crippen LogP contribution in [-0.4, -0.2) is 23.5 Å². The second kappa shape index (κ2) is 6.04. The van der Waals surface area contributed by atoms with Gasteiger partial charge in [0.1, 0.15) is 11.4 Å². The fourth-order valence-corrected chi connectivity index (χ4v) is 6.86. The van der Waals surface area contributed by atoms with Crippen molar-refractivity contribution in [3.05, 3.63) is 23.5 Å². The van der Waals surface area contributed by atoms with E-state index in [0.717, 1.165) is 37.9 Å². The molecule has 0 N–H and O–H groups in total. The molecule has 0 amide bonds. The number of ether oxygens (including phenoxy) is 2. The molecule has 148 valence electrons. The molecule has 3 fully saturated rings. The second-order valence-electron chi connectivity index (χ2n) is 9.14. The minimum absolute atomic E-state index is 0.00000949. The number of fused-ring (bicyclic) bond motifs is 3. The van der Waals surface area contributed by atoms with Gasteiger partial charge < -0.3 is 9.47 Å². The van der Waals surface area contributed by atoms with E-state index in [1.807, 2.05) is 19.9 Å². The monoisotopic (exact) mass is 372 g/mol. The molecule has 5 rings (SSSR count). The van der Waals surface area contributed by atoms with Crippen LogP contribution in [0.15, 0.2) is 23.5 Å². The number of carbonyl (C=O) groups excluding carboxylic acids is 2. The van der Waals surface area contributed by atoms with Crippen molar-refractivity contribution in [2.24, 2.45) is 22.7 Å². The van der Waals surface area contributed by atoms with E-state index in [-0.39, 0.29) is 34.3 Å². The van der Waals surface area contributed by atoms with Gasteiger partial charge in [0.05, 0.1) is 6.10 Å². The minimum Gasteiger partial charge on any atom is -0.431 e. The summed E-state index contributed by atoms with van der Waals surface area (Å²) in [6, 6.07) is 0. The first kappa shape index (κ1) is 18.9. The van der Waals surface area contributed by atoms with E-state index in [0.29, 0.717) is 18.3 Å². The molecule has 1 aliphatic heterocycles. The Kier molecular flexibility index (Phi) is 4.23. The normalized spacial score (nSPS) is 46.4. The Morgan fingerprint density at radius 3 is 2.67 bits per heavy atom. The number of ketones is 1. The van der Waals surface area contributed by atoms with Gasteiger partial charge in [-0.1, -0.05) is 33.3 Å². The number of allylic oxidation sites excluding steroid dienone is 3. The molecule has 4 aliphatic carbocycles. The molecular weight excluding hydrogens is 340 g/mol. The van der Waals surface area contributed by atoms with Gasteiger partial charge in [0.15, 0.2) is 5.78 Å². The van der Waals surface area contributed by atoms with Crippen molar-refractivity contribution in [3.63, 3.8) is 0 Å². The number of carbonyl (C=O) groups is 2. The first-order valence-electron chi connectivity index (χ1n) is 10.6. The molecular formula is C23H32O4. The molecule has 5 unspecified atom stereocenters. The van der Waals surface area contributed by atoms with Gasteiger partial charge in [-0.05, 0) is 56.1 Å². The summed E-state index contributed by atoms with van der Waals surface area (Å²) < 4.78 is 12.1. The van der Waals surface area contributed by atoms with Crippen molar-refractivity contribution >= 4 is 11.8 Å².